The molecule has 2 rings (SSSR count). The van der Waals surface area contributed by atoms with Crippen molar-refractivity contribution in [3.05, 3.63) is 30.3 Å². The quantitative estimate of drug-likeness (QED) is 0.809. The molecule has 0 radical (unpaired) electrons. The zero-order valence-electron chi connectivity index (χ0n) is 10.0. The monoisotopic (exact) mass is 285 g/mol. The van der Waals surface area contributed by atoms with E-state index in [2.05, 4.69) is 14.8 Å². The largest absolute Gasteiger partial charge is 0.381 e. The van der Waals surface area contributed by atoms with Crippen LogP contribution >= 0.6 is 0 Å². The number of nitrogens with two attached hydrogens (primary N) is 1. The third-order valence-electron chi connectivity index (χ3n) is 2.32. The van der Waals surface area contributed by atoms with E-state index in [4.69, 9.17) is 5.73 Å². The highest BCUT2D eigenvalue weighted by Crippen LogP contribution is 2.19. The maximum absolute atomic E-state index is 12.9. The van der Waals surface area contributed by atoms with Gasteiger partial charge in [-0.05, 0) is 19.1 Å². The maximum Gasteiger partial charge on any atom is 0.268 e. The zero-order chi connectivity index (χ0) is 14.0. The fraction of sp³-hybridized carbons (Fsp3) is 0.200. The summed E-state index contributed by atoms with van der Waals surface area (Å²) in [6.07, 6.45) is 1.30. The van der Waals surface area contributed by atoms with Crippen LogP contribution in [0.5, 0.6) is 0 Å². The van der Waals surface area contributed by atoms with Crippen LogP contribution in [0.15, 0.2) is 29.3 Å². The average molecular weight is 285 g/mol. The Labute approximate surface area is 109 Å². The van der Waals surface area contributed by atoms with Crippen molar-refractivity contribution in [2.45, 2.75) is 18.4 Å². The van der Waals surface area contributed by atoms with E-state index in [1.807, 2.05) is 0 Å². The van der Waals surface area contributed by atoms with E-state index in [1.54, 1.807) is 6.92 Å². The molecule has 0 bridgehead atoms. The van der Waals surface area contributed by atoms with E-state index in [9.17, 15) is 12.8 Å². The first kappa shape index (κ1) is 13.3. The summed E-state index contributed by atoms with van der Waals surface area (Å²) in [6, 6.07) is 3.79. The first-order valence-electron chi connectivity index (χ1n) is 5.40. The number of rotatable bonds is 4. The normalized spacial score (nSPS) is 11.5. The number of pyridine rings is 1. The molecular weight excluding hydrogens is 273 g/mol. The first-order valence-corrected chi connectivity index (χ1v) is 6.89. The van der Waals surface area contributed by atoms with Crippen LogP contribution < -0.4 is 10.5 Å². The van der Waals surface area contributed by atoms with Crippen LogP contribution in [-0.4, -0.2) is 23.2 Å². The Hall–Kier alpha value is -2.16. The molecule has 0 aliphatic rings. The zero-order valence-corrected chi connectivity index (χ0v) is 10.9. The van der Waals surface area contributed by atoms with E-state index in [0.717, 1.165) is 6.07 Å². The van der Waals surface area contributed by atoms with Gasteiger partial charge in [-0.15, -0.1) is 0 Å². The number of aromatic nitrogens is 3. The molecule has 2 heterocycles. The van der Waals surface area contributed by atoms with Crippen LogP contribution in [-0.2, 0) is 16.6 Å². The lowest BCUT2D eigenvalue weighted by Crippen LogP contribution is -2.15. The molecule has 0 spiro atoms. The van der Waals surface area contributed by atoms with E-state index in [1.165, 1.54) is 23.0 Å². The summed E-state index contributed by atoms with van der Waals surface area (Å²) < 4.78 is 40.5. The van der Waals surface area contributed by atoms with Gasteiger partial charge < -0.3 is 5.73 Å². The van der Waals surface area contributed by atoms with Crippen molar-refractivity contribution in [2.75, 3.05) is 10.5 Å². The van der Waals surface area contributed by atoms with Crippen LogP contribution in [0.2, 0.25) is 0 Å². The van der Waals surface area contributed by atoms with Gasteiger partial charge in [0.05, 0.1) is 0 Å². The number of aryl methyl sites for hydroxylation is 1. The molecule has 0 aliphatic heterocycles. The van der Waals surface area contributed by atoms with Crippen molar-refractivity contribution in [3.63, 3.8) is 0 Å². The number of anilines is 2. The first-order chi connectivity index (χ1) is 8.92. The van der Waals surface area contributed by atoms with Gasteiger partial charge in [0, 0.05) is 12.7 Å². The molecule has 102 valence electrons. The van der Waals surface area contributed by atoms with E-state index in [-0.39, 0.29) is 16.5 Å². The fourth-order valence-electron chi connectivity index (χ4n) is 1.44. The van der Waals surface area contributed by atoms with Gasteiger partial charge in [-0.3, -0.25) is 9.40 Å². The second-order valence-electron chi connectivity index (χ2n) is 3.69. The molecule has 0 atom stereocenters. The molecular formula is C10H12FN5O2S. The minimum atomic E-state index is -3.94. The van der Waals surface area contributed by atoms with Crippen LogP contribution in [0.1, 0.15) is 6.92 Å². The minimum absolute atomic E-state index is 0.120. The van der Waals surface area contributed by atoms with Crippen LogP contribution in [0.3, 0.4) is 0 Å². The maximum atomic E-state index is 12.9. The van der Waals surface area contributed by atoms with Crippen molar-refractivity contribution in [2.24, 2.45) is 0 Å². The molecule has 19 heavy (non-hydrogen) atoms. The van der Waals surface area contributed by atoms with Gasteiger partial charge in [0.15, 0.2) is 5.82 Å². The molecule has 0 fully saturated rings. The van der Waals surface area contributed by atoms with E-state index >= 15 is 0 Å². The van der Waals surface area contributed by atoms with Crippen molar-refractivity contribution < 1.29 is 12.8 Å². The minimum Gasteiger partial charge on any atom is -0.381 e. The number of sulfonamides is 1. The molecule has 0 amide bonds. The Morgan fingerprint density at radius 3 is 2.79 bits per heavy atom. The second-order valence-corrected chi connectivity index (χ2v) is 5.34. The standard InChI is InChI=1S/C10H12FN5O2S/c1-2-16-6-7(10(12)14-16)19(17,18)15-9-5-3-4-8(11)13-9/h3-6H,2H2,1H3,(H2,12,14)(H,13,15). The highest BCUT2D eigenvalue weighted by Gasteiger charge is 2.21. The van der Waals surface area contributed by atoms with E-state index < -0.39 is 16.0 Å². The average Bonchev–Trinajstić information content (AvgIpc) is 2.71. The van der Waals surface area contributed by atoms with Gasteiger partial charge in [-0.2, -0.15) is 9.49 Å². The van der Waals surface area contributed by atoms with E-state index in [0.29, 0.717) is 6.54 Å². The summed E-state index contributed by atoms with van der Waals surface area (Å²) in [5.74, 6) is -1.02. The Kier molecular flexibility index (Phi) is 3.38. The van der Waals surface area contributed by atoms with Crippen LogP contribution in [0.25, 0.3) is 0 Å². The number of nitrogens with one attached hydrogen (secondary N) is 1. The smallest absolute Gasteiger partial charge is 0.268 e. The summed E-state index contributed by atoms with van der Waals surface area (Å²) in [6.45, 7) is 2.28. The lowest BCUT2D eigenvalue weighted by molar-refractivity contribution is 0.584. The van der Waals surface area contributed by atoms with Gasteiger partial charge in [0.1, 0.15) is 10.7 Å². The summed E-state index contributed by atoms with van der Waals surface area (Å²) in [7, 11) is -3.94. The summed E-state index contributed by atoms with van der Waals surface area (Å²) in [4.78, 5) is 3.25. The third kappa shape index (κ3) is 2.81. The molecule has 2 aromatic rings. The highest BCUT2D eigenvalue weighted by molar-refractivity contribution is 7.92. The number of hydrogen-bond donors (Lipinski definition) is 2. The fourth-order valence-corrected chi connectivity index (χ4v) is 2.52. The molecule has 2 aromatic heterocycles. The molecule has 9 heteroatoms. The van der Waals surface area contributed by atoms with Crippen molar-refractivity contribution >= 4 is 21.7 Å². The number of hydrogen-bond acceptors (Lipinski definition) is 5. The lowest BCUT2D eigenvalue weighted by Gasteiger charge is -2.05. The third-order valence-corrected chi connectivity index (χ3v) is 3.69. The number of nitrogens with zero attached hydrogens (tertiary/aromatic N) is 3. The Balaban J connectivity index is 2.34. The molecule has 0 aromatic carbocycles. The van der Waals surface area contributed by atoms with Crippen molar-refractivity contribution in [1.82, 2.24) is 14.8 Å². The van der Waals surface area contributed by atoms with Gasteiger partial charge in [0.2, 0.25) is 5.95 Å². The Morgan fingerprint density at radius 1 is 1.47 bits per heavy atom. The molecule has 0 aliphatic carbocycles. The Bertz CT molecular complexity index is 698. The SMILES string of the molecule is CCn1cc(S(=O)(=O)Nc2cccc(F)n2)c(N)n1. The predicted molar refractivity (Wildman–Crippen MR) is 67.3 cm³/mol. The summed E-state index contributed by atoms with van der Waals surface area (Å²) >= 11 is 0. The van der Waals surface area contributed by atoms with Gasteiger partial charge in [-0.25, -0.2) is 13.4 Å². The molecule has 7 nitrogen and oxygen atoms in total. The predicted octanol–water partition coefficient (Wildman–Crippen LogP) is 0.820. The van der Waals surface area contributed by atoms with Crippen molar-refractivity contribution in [3.8, 4) is 0 Å². The second kappa shape index (κ2) is 4.84. The van der Waals surface area contributed by atoms with Gasteiger partial charge >= 0.3 is 0 Å². The lowest BCUT2D eigenvalue weighted by atomic mass is 10.5. The van der Waals surface area contributed by atoms with Crippen molar-refractivity contribution in [1.29, 1.82) is 0 Å². The topological polar surface area (TPSA) is 103 Å². The molecule has 0 saturated carbocycles. The van der Waals surface area contributed by atoms with Crippen LogP contribution in [0.4, 0.5) is 16.0 Å². The summed E-state index contributed by atoms with van der Waals surface area (Å²) in [5.41, 5.74) is 5.54. The van der Waals surface area contributed by atoms with Gasteiger partial charge in [0.25, 0.3) is 10.0 Å². The number of halogens is 1. The number of nitrogen functional groups attached to an aromatic ring is 1. The van der Waals surface area contributed by atoms with Gasteiger partial charge in [-0.1, -0.05) is 6.07 Å². The van der Waals surface area contributed by atoms with Crippen LogP contribution in [0, 0.1) is 5.95 Å². The Morgan fingerprint density at radius 2 is 2.21 bits per heavy atom. The summed E-state index contributed by atoms with van der Waals surface area (Å²) in [5, 5.41) is 3.84. The molecule has 3 N–H and O–H groups in total. The highest BCUT2D eigenvalue weighted by atomic mass is 32.2. The molecule has 0 saturated heterocycles. The molecule has 0 unspecified atom stereocenters.